The summed E-state index contributed by atoms with van der Waals surface area (Å²) >= 11 is 0. The van der Waals surface area contributed by atoms with Gasteiger partial charge in [0.05, 0.1) is 0 Å². The molecule has 0 spiro atoms. The maximum Gasteiger partial charge on any atom is 0.246 e. The Morgan fingerprint density at radius 2 is 1.81 bits per heavy atom. The molecule has 0 bridgehead atoms. The molecule has 3 rings (SSSR count). The number of rotatable bonds is 5. The van der Waals surface area contributed by atoms with Crippen LogP contribution in [0.4, 0.5) is 0 Å². The molecule has 2 atom stereocenters. The number of benzene rings is 2. The van der Waals surface area contributed by atoms with Crippen molar-refractivity contribution >= 4 is 15.7 Å². The van der Waals surface area contributed by atoms with Gasteiger partial charge in [-0.1, -0.05) is 30.3 Å². The van der Waals surface area contributed by atoms with Gasteiger partial charge in [-0.15, -0.1) is 0 Å². The molecule has 3 N–H and O–H groups in total. The standard InChI is InChI=1S/C18H20N2O5S/c21-18(20-22)13-10-11-19-17(12-13)26(23,24)16-9-5-4-8-15(16)25-14-6-2-1-3-7-14/h1-9,13,17,19,22H,10-12H2,(H,20,21). The van der Waals surface area contributed by atoms with Crippen LogP contribution in [0.1, 0.15) is 12.8 Å². The van der Waals surface area contributed by atoms with Crippen LogP contribution >= 0.6 is 0 Å². The molecule has 2 aromatic rings. The fraction of sp³-hybridized carbons (Fsp3) is 0.278. The number of carbonyl (C=O) groups excluding carboxylic acids is 1. The fourth-order valence-corrected chi connectivity index (χ4v) is 4.77. The molecule has 1 heterocycles. The summed E-state index contributed by atoms with van der Waals surface area (Å²) in [5.74, 6) is -0.373. The number of piperidine rings is 1. The second-order valence-corrected chi connectivity index (χ2v) is 8.15. The van der Waals surface area contributed by atoms with E-state index in [9.17, 15) is 13.2 Å². The zero-order valence-electron chi connectivity index (χ0n) is 14.0. The zero-order chi connectivity index (χ0) is 18.6. The molecule has 138 valence electrons. The van der Waals surface area contributed by atoms with Crippen molar-refractivity contribution in [3.05, 3.63) is 54.6 Å². The first-order valence-corrected chi connectivity index (χ1v) is 9.80. The Bertz CT molecular complexity index is 870. The third kappa shape index (κ3) is 3.87. The molecule has 0 radical (unpaired) electrons. The third-order valence-electron chi connectivity index (χ3n) is 4.35. The van der Waals surface area contributed by atoms with E-state index in [-0.39, 0.29) is 17.1 Å². The van der Waals surface area contributed by atoms with Crippen molar-refractivity contribution in [1.82, 2.24) is 10.8 Å². The highest BCUT2D eigenvalue weighted by molar-refractivity contribution is 7.92. The summed E-state index contributed by atoms with van der Waals surface area (Å²) in [6.07, 6.45) is 0.537. The number of para-hydroxylation sites is 2. The van der Waals surface area contributed by atoms with Crippen molar-refractivity contribution in [3.63, 3.8) is 0 Å². The predicted molar refractivity (Wildman–Crippen MR) is 94.6 cm³/mol. The number of nitrogens with one attached hydrogen (secondary N) is 2. The minimum Gasteiger partial charge on any atom is -0.456 e. The van der Waals surface area contributed by atoms with E-state index in [2.05, 4.69) is 5.32 Å². The van der Waals surface area contributed by atoms with Gasteiger partial charge in [-0.2, -0.15) is 0 Å². The van der Waals surface area contributed by atoms with Crippen LogP contribution in [0, 0.1) is 5.92 Å². The molecule has 7 nitrogen and oxygen atoms in total. The summed E-state index contributed by atoms with van der Waals surface area (Å²) < 4.78 is 32.0. The van der Waals surface area contributed by atoms with Crippen molar-refractivity contribution in [3.8, 4) is 11.5 Å². The van der Waals surface area contributed by atoms with Gasteiger partial charge in [0.25, 0.3) is 0 Å². The Kier molecular flexibility index (Phi) is 5.55. The first-order chi connectivity index (χ1) is 12.5. The largest absolute Gasteiger partial charge is 0.456 e. The monoisotopic (exact) mass is 376 g/mol. The van der Waals surface area contributed by atoms with Crippen LogP contribution in [-0.2, 0) is 14.6 Å². The molecule has 8 heteroatoms. The topological polar surface area (TPSA) is 105 Å². The fourth-order valence-electron chi connectivity index (χ4n) is 2.98. The highest BCUT2D eigenvalue weighted by Gasteiger charge is 2.36. The molecule has 2 unspecified atom stereocenters. The average molecular weight is 376 g/mol. The Morgan fingerprint density at radius 1 is 1.12 bits per heavy atom. The van der Waals surface area contributed by atoms with Crippen LogP contribution in [0.25, 0.3) is 0 Å². The first kappa shape index (κ1) is 18.4. The lowest BCUT2D eigenvalue weighted by molar-refractivity contribution is -0.134. The summed E-state index contributed by atoms with van der Waals surface area (Å²) in [5.41, 5.74) is 1.60. The van der Waals surface area contributed by atoms with Crippen LogP contribution in [0.5, 0.6) is 11.5 Å². The highest BCUT2D eigenvalue weighted by Crippen LogP contribution is 2.33. The van der Waals surface area contributed by atoms with Gasteiger partial charge in [-0.3, -0.25) is 10.0 Å². The van der Waals surface area contributed by atoms with E-state index in [4.69, 9.17) is 9.94 Å². The molecule has 0 saturated carbocycles. The SMILES string of the molecule is O=C(NO)C1CCNC(S(=O)(=O)c2ccccc2Oc2ccccc2)C1. The van der Waals surface area contributed by atoms with Crippen LogP contribution in [-0.4, -0.2) is 31.5 Å². The van der Waals surface area contributed by atoms with Crippen LogP contribution < -0.4 is 15.5 Å². The summed E-state index contributed by atoms with van der Waals surface area (Å²) in [6, 6.07) is 15.3. The van der Waals surface area contributed by atoms with Crippen molar-refractivity contribution in [2.24, 2.45) is 5.92 Å². The molecule has 1 aliphatic heterocycles. The molecular weight excluding hydrogens is 356 g/mol. The van der Waals surface area contributed by atoms with Gasteiger partial charge in [0.2, 0.25) is 5.91 Å². The maximum atomic E-state index is 13.1. The normalized spacial score (nSPS) is 20.3. The molecule has 2 aromatic carbocycles. The second kappa shape index (κ2) is 7.86. The van der Waals surface area contributed by atoms with Gasteiger partial charge in [-0.05, 0) is 43.7 Å². The average Bonchev–Trinajstić information content (AvgIpc) is 2.68. The van der Waals surface area contributed by atoms with Gasteiger partial charge >= 0.3 is 0 Å². The van der Waals surface area contributed by atoms with Crippen molar-refractivity contribution in [1.29, 1.82) is 0 Å². The molecule has 0 aromatic heterocycles. The number of ether oxygens (including phenoxy) is 1. The van der Waals surface area contributed by atoms with E-state index >= 15 is 0 Å². The van der Waals surface area contributed by atoms with Crippen LogP contribution in [0.2, 0.25) is 0 Å². The van der Waals surface area contributed by atoms with Gasteiger partial charge in [-0.25, -0.2) is 13.9 Å². The Balaban J connectivity index is 1.89. The second-order valence-electron chi connectivity index (χ2n) is 6.05. The first-order valence-electron chi connectivity index (χ1n) is 8.25. The zero-order valence-corrected chi connectivity index (χ0v) is 14.8. The summed E-state index contributed by atoms with van der Waals surface area (Å²) in [5, 5.41) is 10.8. The Morgan fingerprint density at radius 3 is 2.54 bits per heavy atom. The number of carbonyl (C=O) groups is 1. The van der Waals surface area contributed by atoms with Crippen LogP contribution in [0.15, 0.2) is 59.5 Å². The molecule has 0 aliphatic carbocycles. The van der Waals surface area contributed by atoms with E-state index < -0.39 is 27.0 Å². The lowest BCUT2D eigenvalue weighted by Crippen LogP contribution is -2.47. The van der Waals surface area contributed by atoms with E-state index in [0.29, 0.717) is 18.7 Å². The highest BCUT2D eigenvalue weighted by atomic mass is 32.2. The maximum absolute atomic E-state index is 13.1. The quantitative estimate of drug-likeness (QED) is 0.545. The van der Waals surface area contributed by atoms with E-state index in [1.54, 1.807) is 47.9 Å². The van der Waals surface area contributed by atoms with E-state index in [0.717, 1.165) is 0 Å². The lowest BCUT2D eigenvalue weighted by Gasteiger charge is -2.29. The minimum absolute atomic E-state index is 0.0615. The minimum atomic E-state index is -3.79. The van der Waals surface area contributed by atoms with Gasteiger partial charge in [0.15, 0.2) is 9.84 Å². The van der Waals surface area contributed by atoms with E-state index in [1.165, 1.54) is 6.07 Å². The van der Waals surface area contributed by atoms with Gasteiger partial charge in [0, 0.05) is 5.92 Å². The number of amides is 1. The Hall–Kier alpha value is -2.42. The molecule has 1 saturated heterocycles. The number of hydroxylamine groups is 1. The third-order valence-corrected chi connectivity index (χ3v) is 6.40. The number of hydrogen-bond donors (Lipinski definition) is 3. The molecule has 1 fully saturated rings. The smallest absolute Gasteiger partial charge is 0.246 e. The molecule has 1 amide bonds. The van der Waals surface area contributed by atoms with Crippen LogP contribution in [0.3, 0.4) is 0 Å². The lowest BCUT2D eigenvalue weighted by atomic mass is 9.97. The van der Waals surface area contributed by atoms with Gasteiger partial charge < -0.3 is 10.1 Å². The number of sulfone groups is 1. The van der Waals surface area contributed by atoms with Crippen molar-refractivity contribution < 1.29 is 23.2 Å². The summed E-state index contributed by atoms with van der Waals surface area (Å²) in [4.78, 5) is 11.7. The van der Waals surface area contributed by atoms with Crippen molar-refractivity contribution in [2.75, 3.05) is 6.54 Å². The predicted octanol–water partition coefficient (Wildman–Crippen LogP) is 2.08. The number of hydrogen-bond acceptors (Lipinski definition) is 6. The van der Waals surface area contributed by atoms with Crippen molar-refractivity contribution in [2.45, 2.75) is 23.1 Å². The molecule has 26 heavy (non-hydrogen) atoms. The molecule has 1 aliphatic rings. The Labute approximate surface area is 151 Å². The summed E-state index contributed by atoms with van der Waals surface area (Å²) in [7, 11) is -3.79. The summed E-state index contributed by atoms with van der Waals surface area (Å²) in [6.45, 7) is 0.365. The van der Waals surface area contributed by atoms with Gasteiger partial charge in [0.1, 0.15) is 21.8 Å². The molecular formula is C18H20N2O5S. The van der Waals surface area contributed by atoms with E-state index in [1.807, 2.05) is 6.07 Å².